The Morgan fingerprint density at radius 3 is 2.75 bits per heavy atom. The zero-order valence-corrected chi connectivity index (χ0v) is 12.8. The summed E-state index contributed by atoms with van der Waals surface area (Å²) in [4.78, 5) is 32.9. The summed E-state index contributed by atoms with van der Waals surface area (Å²) in [5, 5.41) is 2.65. The number of piperazine rings is 1. The van der Waals surface area contributed by atoms with Gasteiger partial charge in [0.25, 0.3) is 5.91 Å². The molecule has 20 heavy (non-hydrogen) atoms. The van der Waals surface area contributed by atoms with Gasteiger partial charge in [0.15, 0.2) is 0 Å². The van der Waals surface area contributed by atoms with Crippen LogP contribution in [0.5, 0.6) is 0 Å². The summed E-state index contributed by atoms with van der Waals surface area (Å²) in [6.45, 7) is 6.12. The smallest absolute Gasteiger partial charge is 0.266 e. The molecular formula is C13H20N4O2S. The van der Waals surface area contributed by atoms with Gasteiger partial charge in [-0.1, -0.05) is 0 Å². The molecular weight excluding hydrogens is 276 g/mol. The molecule has 7 heteroatoms. The van der Waals surface area contributed by atoms with Crippen LogP contribution in [0.15, 0.2) is 11.7 Å². The van der Waals surface area contributed by atoms with Gasteiger partial charge in [-0.3, -0.25) is 19.5 Å². The molecule has 1 aliphatic rings. The summed E-state index contributed by atoms with van der Waals surface area (Å²) < 4.78 is 0. The molecule has 0 spiro atoms. The average Bonchev–Trinajstić information content (AvgIpc) is 2.99. The molecule has 2 amide bonds. The Labute approximate surface area is 122 Å². The molecule has 0 aromatic carbocycles. The third-order valence-corrected chi connectivity index (χ3v) is 4.36. The number of likely N-dealkylation sites (N-methyl/N-ethyl adjacent to an activating group) is 1. The molecule has 2 heterocycles. The molecule has 1 unspecified atom stereocenters. The molecule has 1 atom stereocenters. The molecule has 0 saturated carbocycles. The van der Waals surface area contributed by atoms with E-state index in [1.165, 1.54) is 11.3 Å². The van der Waals surface area contributed by atoms with Gasteiger partial charge in [-0.15, -0.1) is 11.3 Å². The van der Waals surface area contributed by atoms with Crippen molar-refractivity contribution in [2.75, 3.05) is 26.7 Å². The minimum absolute atomic E-state index is 0.107. The van der Waals surface area contributed by atoms with E-state index in [1.54, 1.807) is 23.7 Å². The Morgan fingerprint density at radius 1 is 1.45 bits per heavy atom. The van der Waals surface area contributed by atoms with E-state index in [1.807, 2.05) is 0 Å². The number of nitrogens with zero attached hydrogens (tertiary/aromatic N) is 3. The number of carbonyl (C=O) groups is 2. The van der Waals surface area contributed by atoms with Gasteiger partial charge >= 0.3 is 0 Å². The van der Waals surface area contributed by atoms with Gasteiger partial charge in [0, 0.05) is 32.7 Å². The molecule has 0 radical (unpaired) electrons. The molecule has 1 aromatic rings. The van der Waals surface area contributed by atoms with Crippen molar-refractivity contribution in [1.82, 2.24) is 20.1 Å². The highest BCUT2D eigenvalue weighted by atomic mass is 32.1. The highest BCUT2D eigenvalue weighted by Gasteiger charge is 2.36. The van der Waals surface area contributed by atoms with E-state index in [-0.39, 0.29) is 11.8 Å². The summed E-state index contributed by atoms with van der Waals surface area (Å²) in [5.74, 6) is -0.224. The van der Waals surface area contributed by atoms with Crippen molar-refractivity contribution >= 4 is 23.2 Å². The monoisotopic (exact) mass is 296 g/mol. The van der Waals surface area contributed by atoms with Crippen LogP contribution in [-0.2, 0) is 4.79 Å². The lowest BCUT2D eigenvalue weighted by Crippen LogP contribution is -2.61. The first-order valence-electron chi connectivity index (χ1n) is 6.69. The van der Waals surface area contributed by atoms with Crippen LogP contribution in [0.1, 0.15) is 23.5 Å². The fourth-order valence-electron chi connectivity index (χ4n) is 2.37. The Balaban J connectivity index is 2.18. The molecule has 2 rings (SSSR count). The van der Waals surface area contributed by atoms with Crippen LogP contribution in [0, 0.1) is 0 Å². The third-order valence-electron chi connectivity index (χ3n) is 3.60. The van der Waals surface area contributed by atoms with Gasteiger partial charge in [-0.2, -0.15) is 0 Å². The Kier molecular flexibility index (Phi) is 4.72. The zero-order valence-electron chi connectivity index (χ0n) is 12.0. The van der Waals surface area contributed by atoms with Crippen molar-refractivity contribution in [3.8, 4) is 0 Å². The van der Waals surface area contributed by atoms with E-state index in [0.29, 0.717) is 24.0 Å². The largest absolute Gasteiger partial charge is 0.357 e. The van der Waals surface area contributed by atoms with Gasteiger partial charge in [0.2, 0.25) is 5.91 Å². The van der Waals surface area contributed by atoms with Gasteiger partial charge in [0.05, 0.1) is 11.7 Å². The van der Waals surface area contributed by atoms with Crippen LogP contribution < -0.4 is 5.32 Å². The van der Waals surface area contributed by atoms with E-state index in [0.717, 1.165) is 6.54 Å². The maximum absolute atomic E-state index is 12.5. The van der Waals surface area contributed by atoms with Crippen LogP contribution in [0.25, 0.3) is 0 Å². The SMILES string of the molecule is CNC(=O)C1CN(C(C)C)CCN1C(=O)c1cncs1. The van der Waals surface area contributed by atoms with Crippen LogP contribution in [0.2, 0.25) is 0 Å². The van der Waals surface area contributed by atoms with E-state index in [9.17, 15) is 9.59 Å². The van der Waals surface area contributed by atoms with Crippen molar-refractivity contribution in [3.05, 3.63) is 16.6 Å². The van der Waals surface area contributed by atoms with Crippen LogP contribution in [0.3, 0.4) is 0 Å². The van der Waals surface area contributed by atoms with Gasteiger partial charge in [-0.05, 0) is 13.8 Å². The molecule has 6 nitrogen and oxygen atoms in total. The van der Waals surface area contributed by atoms with Crippen LogP contribution in [0.4, 0.5) is 0 Å². The number of hydrogen-bond acceptors (Lipinski definition) is 5. The Hall–Kier alpha value is -1.47. The number of rotatable bonds is 3. The second-order valence-corrected chi connectivity index (χ2v) is 5.97. The van der Waals surface area contributed by atoms with E-state index < -0.39 is 6.04 Å². The predicted octanol–water partition coefficient (Wildman–Crippen LogP) is 0.424. The first-order valence-corrected chi connectivity index (χ1v) is 7.57. The summed E-state index contributed by atoms with van der Waals surface area (Å²) >= 11 is 1.31. The normalized spacial score (nSPS) is 20.2. The molecule has 1 N–H and O–H groups in total. The highest BCUT2D eigenvalue weighted by molar-refractivity contribution is 7.11. The maximum Gasteiger partial charge on any atom is 0.266 e. The molecule has 0 aliphatic carbocycles. The lowest BCUT2D eigenvalue weighted by molar-refractivity contribution is -0.127. The Morgan fingerprint density at radius 2 is 2.20 bits per heavy atom. The third kappa shape index (κ3) is 2.99. The molecule has 0 bridgehead atoms. The topological polar surface area (TPSA) is 65.5 Å². The summed E-state index contributed by atoms with van der Waals surface area (Å²) in [5.41, 5.74) is 1.63. The van der Waals surface area contributed by atoms with Crippen LogP contribution >= 0.6 is 11.3 Å². The first-order chi connectivity index (χ1) is 9.54. The number of nitrogens with one attached hydrogen (secondary N) is 1. The van der Waals surface area contributed by atoms with Crippen LogP contribution in [-0.4, -0.2) is 65.4 Å². The fourth-order valence-corrected chi connectivity index (χ4v) is 2.95. The number of thiazole rings is 1. The zero-order chi connectivity index (χ0) is 14.7. The second-order valence-electron chi connectivity index (χ2n) is 5.08. The molecule has 1 fully saturated rings. The number of amides is 2. The quantitative estimate of drug-likeness (QED) is 0.878. The second kappa shape index (κ2) is 6.32. The van der Waals surface area contributed by atoms with Crippen molar-refractivity contribution < 1.29 is 9.59 Å². The predicted molar refractivity (Wildman–Crippen MR) is 77.7 cm³/mol. The summed E-state index contributed by atoms with van der Waals surface area (Å²) in [6.07, 6.45) is 1.56. The molecule has 110 valence electrons. The summed E-state index contributed by atoms with van der Waals surface area (Å²) in [6, 6.07) is -0.0754. The lowest BCUT2D eigenvalue weighted by atomic mass is 10.1. The minimum Gasteiger partial charge on any atom is -0.357 e. The number of aromatic nitrogens is 1. The van der Waals surface area contributed by atoms with Crippen molar-refractivity contribution in [3.63, 3.8) is 0 Å². The van der Waals surface area contributed by atoms with Gasteiger partial charge in [0.1, 0.15) is 10.9 Å². The first kappa shape index (κ1) is 14.9. The van der Waals surface area contributed by atoms with Gasteiger partial charge < -0.3 is 10.2 Å². The Bertz CT molecular complexity index is 475. The number of hydrogen-bond donors (Lipinski definition) is 1. The minimum atomic E-state index is -0.439. The maximum atomic E-state index is 12.5. The molecule has 1 aliphatic heterocycles. The van der Waals surface area contributed by atoms with Gasteiger partial charge in [-0.25, -0.2) is 0 Å². The van der Waals surface area contributed by atoms with Crippen molar-refractivity contribution in [2.45, 2.75) is 25.9 Å². The van der Waals surface area contributed by atoms with Crippen molar-refractivity contribution in [1.29, 1.82) is 0 Å². The standard InChI is InChI=1S/C13H20N4O2S/c1-9(2)16-4-5-17(10(7-16)12(18)14-3)13(19)11-6-15-8-20-11/h6,8-10H,4-5,7H2,1-3H3,(H,14,18). The van der Waals surface area contributed by atoms with E-state index in [2.05, 4.69) is 29.0 Å². The summed E-state index contributed by atoms with van der Waals surface area (Å²) in [7, 11) is 1.60. The van der Waals surface area contributed by atoms with E-state index in [4.69, 9.17) is 0 Å². The molecule has 1 saturated heterocycles. The van der Waals surface area contributed by atoms with E-state index >= 15 is 0 Å². The fraction of sp³-hybridized carbons (Fsp3) is 0.615. The molecule has 1 aromatic heterocycles. The average molecular weight is 296 g/mol. The van der Waals surface area contributed by atoms with Crippen molar-refractivity contribution in [2.24, 2.45) is 0 Å². The number of carbonyl (C=O) groups excluding carboxylic acids is 2. The highest BCUT2D eigenvalue weighted by Crippen LogP contribution is 2.18. The lowest BCUT2D eigenvalue weighted by Gasteiger charge is -2.41.